The van der Waals surface area contributed by atoms with E-state index in [1.54, 1.807) is 18.2 Å². The molecule has 0 saturated heterocycles. The summed E-state index contributed by atoms with van der Waals surface area (Å²) in [5, 5.41) is 3.28. The Bertz CT molecular complexity index is 1250. The van der Waals surface area contributed by atoms with Gasteiger partial charge in [0.1, 0.15) is 18.2 Å². The smallest absolute Gasteiger partial charge is 0.338 e. The molecule has 0 fully saturated rings. The Labute approximate surface area is 192 Å². The third-order valence-electron chi connectivity index (χ3n) is 6.08. The summed E-state index contributed by atoms with van der Waals surface area (Å²) in [5.74, 6) is -0.372. The molecule has 0 atom stereocenters. The number of ether oxygens (including phenoxy) is 2. The number of benzene rings is 3. The second-order valence-electron chi connectivity index (χ2n) is 8.70. The van der Waals surface area contributed by atoms with E-state index in [0.29, 0.717) is 28.0 Å². The average Bonchev–Trinajstić information content (AvgIpc) is 2.78. The second-order valence-corrected chi connectivity index (χ2v) is 8.70. The van der Waals surface area contributed by atoms with Crippen LogP contribution in [0.4, 0.5) is 10.1 Å². The standard InChI is InChI=1S/C27H26FNO4/c1-16-7-5-6-8-18(16)26(31)33-15-22-19(21-13-17(28)9-12-24(21)32-4)10-11-23-20(22)14-25(30)27(2,3)29-23/h5-13,29H,14-15H2,1-4H3. The van der Waals surface area contributed by atoms with Crippen molar-refractivity contribution in [2.75, 3.05) is 12.4 Å². The first-order chi connectivity index (χ1) is 15.7. The number of hydrogen-bond acceptors (Lipinski definition) is 5. The predicted octanol–water partition coefficient (Wildman–Crippen LogP) is 5.48. The number of halogens is 1. The second kappa shape index (κ2) is 8.70. The molecule has 0 spiro atoms. The Morgan fingerprint density at radius 3 is 2.58 bits per heavy atom. The number of methoxy groups -OCH3 is 1. The quantitative estimate of drug-likeness (QED) is 0.525. The molecule has 0 aromatic heterocycles. The summed E-state index contributed by atoms with van der Waals surface area (Å²) in [6.07, 6.45) is 0.179. The lowest BCUT2D eigenvalue weighted by Gasteiger charge is -2.34. The van der Waals surface area contributed by atoms with E-state index in [9.17, 15) is 14.0 Å². The number of carbonyl (C=O) groups excluding carboxylic acids is 2. The van der Waals surface area contributed by atoms with Crippen LogP contribution < -0.4 is 10.1 Å². The zero-order valence-corrected chi connectivity index (χ0v) is 19.1. The number of carbonyl (C=O) groups is 2. The van der Waals surface area contributed by atoms with Gasteiger partial charge in [-0.05, 0) is 67.8 Å². The molecule has 3 aromatic rings. The molecule has 0 radical (unpaired) electrons. The maximum Gasteiger partial charge on any atom is 0.338 e. The number of rotatable bonds is 5. The van der Waals surface area contributed by atoms with Crippen molar-refractivity contribution in [1.29, 1.82) is 0 Å². The van der Waals surface area contributed by atoms with Gasteiger partial charge in [-0.1, -0.05) is 24.3 Å². The van der Waals surface area contributed by atoms with Crippen molar-refractivity contribution in [1.82, 2.24) is 0 Å². The average molecular weight is 448 g/mol. The van der Waals surface area contributed by atoms with E-state index >= 15 is 0 Å². The van der Waals surface area contributed by atoms with Crippen LogP contribution in [0.3, 0.4) is 0 Å². The molecular formula is C27H26FNO4. The van der Waals surface area contributed by atoms with Crippen LogP contribution in [0.25, 0.3) is 11.1 Å². The van der Waals surface area contributed by atoms with Crippen LogP contribution in [0.1, 0.15) is 40.9 Å². The van der Waals surface area contributed by atoms with Crippen LogP contribution in [0.2, 0.25) is 0 Å². The molecule has 1 aliphatic heterocycles. The summed E-state index contributed by atoms with van der Waals surface area (Å²) in [6.45, 7) is 5.44. The molecule has 0 amide bonds. The highest BCUT2D eigenvalue weighted by Crippen LogP contribution is 2.40. The summed E-state index contributed by atoms with van der Waals surface area (Å²) in [4.78, 5) is 25.6. The summed E-state index contributed by atoms with van der Waals surface area (Å²) in [6, 6.07) is 15.2. The van der Waals surface area contributed by atoms with E-state index < -0.39 is 17.3 Å². The predicted molar refractivity (Wildman–Crippen MR) is 125 cm³/mol. The van der Waals surface area contributed by atoms with E-state index in [-0.39, 0.29) is 18.8 Å². The van der Waals surface area contributed by atoms with Crippen molar-refractivity contribution >= 4 is 17.4 Å². The molecule has 0 bridgehead atoms. The van der Waals surface area contributed by atoms with Gasteiger partial charge in [-0.2, -0.15) is 0 Å². The zero-order chi connectivity index (χ0) is 23.8. The van der Waals surface area contributed by atoms with Crippen molar-refractivity contribution in [3.8, 4) is 16.9 Å². The summed E-state index contributed by atoms with van der Waals surface area (Å²) in [7, 11) is 1.51. The number of aryl methyl sites for hydroxylation is 1. The van der Waals surface area contributed by atoms with Gasteiger partial charge in [0, 0.05) is 23.2 Å². The minimum Gasteiger partial charge on any atom is -0.496 e. The van der Waals surface area contributed by atoms with Crippen LogP contribution in [-0.4, -0.2) is 24.4 Å². The molecule has 1 aliphatic rings. The monoisotopic (exact) mass is 447 g/mol. The minimum absolute atomic E-state index is 0.0184. The number of nitrogens with one attached hydrogen (secondary N) is 1. The van der Waals surface area contributed by atoms with E-state index in [0.717, 1.165) is 16.8 Å². The normalized spacial score (nSPS) is 14.3. The van der Waals surface area contributed by atoms with Crippen molar-refractivity contribution in [2.24, 2.45) is 0 Å². The van der Waals surface area contributed by atoms with Gasteiger partial charge in [0.05, 0.1) is 18.2 Å². The van der Waals surface area contributed by atoms with E-state index in [4.69, 9.17) is 9.47 Å². The Balaban J connectivity index is 1.81. The molecular weight excluding hydrogens is 421 g/mol. The summed E-state index contributed by atoms with van der Waals surface area (Å²) in [5.41, 5.74) is 3.93. The number of ketones is 1. The molecule has 0 unspecified atom stereocenters. The molecule has 33 heavy (non-hydrogen) atoms. The zero-order valence-electron chi connectivity index (χ0n) is 19.1. The van der Waals surface area contributed by atoms with E-state index in [2.05, 4.69) is 5.32 Å². The lowest BCUT2D eigenvalue weighted by molar-refractivity contribution is -0.122. The molecule has 5 nitrogen and oxygen atoms in total. The van der Waals surface area contributed by atoms with E-state index in [1.807, 2.05) is 45.0 Å². The Morgan fingerprint density at radius 1 is 1.09 bits per heavy atom. The molecule has 4 rings (SSSR count). The topological polar surface area (TPSA) is 64.6 Å². The van der Waals surface area contributed by atoms with Crippen molar-refractivity contribution in [3.63, 3.8) is 0 Å². The van der Waals surface area contributed by atoms with Crippen LogP contribution >= 0.6 is 0 Å². The Kier molecular flexibility index (Phi) is 5.93. The fourth-order valence-corrected chi connectivity index (χ4v) is 4.13. The van der Waals surface area contributed by atoms with Gasteiger partial charge in [0.2, 0.25) is 0 Å². The van der Waals surface area contributed by atoms with Crippen molar-refractivity contribution in [2.45, 2.75) is 39.3 Å². The Hall–Kier alpha value is -3.67. The number of fused-ring (bicyclic) bond motifs is 1. The van der Waals surface area contributed by atoms with Crippen molar-refractivity contribution < 1.29 is 23.5 Å². The molecule has 1 N–H and O–H groups in total. The highest BCUT2D eigenvalue weighted by molar-refractivity contribution is 5.97. The lowest BCUT2D eigenvalue weighted by Crippen LogP contribution is -2.45. The first kappa shape index (κ1) is 22.5. The maximum atomic E-state index is 14.2. The highest BCUT2D eigenvalue weighted by atomic mass is 19.1. The number of esters is 1. The Morgan fingerprint density at radius 2 is 1.85 bits per heavy atom. The molecule has 0 saturated carbocycles. The van der Waals surface area contributed by atoms with Crippen LogP contribution in [0.15, 0.2) is 54.6 Å². The summed E-state index contributed by atoms with van der Waals surface area (Å²) < 4.78 is 25.3. The van der Waals surface area contributed by atoms with Crippen molar-refractivity contribution in [3.05, 3.63) is 82.7 Å². The molecule has 1 heterocycles. The SMILES string of the molecule is COc1ccc(F)cc1-c1ccc2c(c1COC(=O)c1ccccc1C)CC(=O)C(C)(C)N2. The molecule has 0 aliphatic carbocycles. The highest BCUT2D eigenvalue weighted by Gasteiger charge is 2.35. The fraction of sp³-hybridized carbons (Fsp3) is 0.259. The number of hydrogen-bond donors (Lipinski definition) is 1. The fourth-order valence-electron chi connectivity index (χ4n) is 4.13. The first-order valence-corrected chi connectivity index (χ1v) is 10.7. The van der Waals surface area contributed by atoms with Gasteiger partial charge in [0.25, 0.3) is 0 Å². The maximum absolute atomic E-state index is 14.2. The lowest BCUT2D eigenvalue weighted by atomic mass is 9.83. The van der Waals surface area contributed by atoms with Gasteiger partial charge in [-0.15, -0.1) is 0 Å². The molecule has 6 heteroatoms. The van der Waals surface area contributed by atoms with E-state index in [1.165, 1.54) is 19.2 Å². The third-order valence-corrected chi connectivity index (χ3v) is 6.08. The van der Waals surface area contributed by atoms with Crippen LogP contribution in [0.5, 0.6) is 5.75 Å². The largest absolute Gasteiger partial charge is 0.496 e. The van der Waals surface area contributed by atoms with Crippen LogP contribution in [0, 0.1) is 12.7 Å². The van der Waals surface area contributed by atoms with Gasteiger partial charge in [-0.25, -0.2) is 9.18 Å². The van der Waals surface area contributed by atoms with Gasteiger partial charge in [0.15, 0.2) is 5.78 Å². The van der Waals surface area contributed by atoms with Gasteiger partial charge >= 0.3 is 5.97 Å². The van der Waals surface area contributed by atoms with Gasteiger partial charge in [-0.3, -0.25) is 4.79 Å². The minimum atomic E-state index is -0.708. The summed E-state index contributed by atoms with van der Waals surface area (Å²) >= 11 is 0. The molecule has 170 valence electrons. The number of Topliss-reactive ketones (excluding diaryl/α,β-unsaturated/α-hetero) is 1. The molecule has 3 aromatic carbocycles. The van der Waals surface area contributed by atoms with Gasteiger partial charge < -0.3 is 14.8 Å². The third kappa shape index (κ3) is 4.33. The van der Waals surface area contributed by atoms with Crippen LogP contribution in [-0.2, 0) is 22.6 Å². The first-order valence-electron chi connectivity index (χ1n) is 10.7. The number of anilines is 1.